The Morgan fingerprint density at radius 2 is 1.79 bits per heavy atom. The van der Waals surface area contributed by atoms with Crippen LogP contribution in [-0.2, 0) is 9.59 Å². The SMILES string of the molecule is Cc1cc(Br)ccc1NC(=O)CN(C)C(=O)CCCNC(=O)c1ccc(Cl)cc1. The molecule has 154 valence electrons. The molecule has 0 spiro atoms. The molecule has 0 atom stereocenters. The van der Waals surface area contributed by atoms with Crippen LogP contribution in [0.25, 0.3) is 0 Å². The number of carbonyl (C=O) groups excluding carboxylic acids is 3. The second-order valence-corrected chi connectivity index (χ2v) is 7.98. The summed E-state index contributed by atoms with van der Waals surface area (Å²) in [4.78, 5) is 37.8. The Balaban J connectivity index is 1.70. The van der Waals surface area contributed by atoms with Crippen LogP contribution in [0.4, 0.5) is 5.69 Å². The van der Waals surface area contributed by atoms with Crippen molar-refractivity contribution in [1.29, 1.82) is 0 Å². The summed E-state index contributed by atoms with van der Waals surface area (Å²) in [5.74, 6) is -0.637. The Kier molecular flexibility index (Phi) is 8.67. The molecule has 3 amide bonds. The molecular formula is C21H23BrClN3O3. The van der Waals surface area contributed by atoms with E-state index in [0.29, 0.717) is 29.2 Å². The van der Waals surface area contributed by atoms with Gasteiger partial charge in [-0.05, 0) is 61.4 Å². The van der Waals surface area contributed by atoms with Gasteiger partial charge in [0.15, 0.2) is 0 Å². The highest BCUT2D eigenvalue weighted by Crippen LogP contribution is 2.20. The molecule has 2 N–H and O–H groups in total. The van der Waals surface area contributed by atoms with Crippen LogP contribution >= 0.6 is 27.5 Å². The van der Waals surface area contributed by atoms with Crippen molar-refractivity contribution < 1.29 is 14.4 Å². The summed E-state index contributed by atoms with van der Waals surface area (Å²) in [6.07, 6.45) is 0.720. The summed E-state index contributed by atoms with van der Waals surface area (Å²) >= 11 is 9.18. The lowest BCUT2D eigenvalue weighted by molar-refractivity contribution is -0.133. The minimum absolute atomic E-state index is 0.0362. The molecule has 0 fully saturated rings. The first-order valence-electron chi connectivity index (χ1n) is 9.10. The number of amides is 3. The van der Waals surface area contributed by atoms with Crippen molar-refractivity contribution in [2.24, 2.45) is 0 Å². The number of nitrogens with one attached hydrogen (secondary N) is 2. The molecule has 0 saturated carbocycles. The topological polar surface area (TPSA) is 78.5 Å². The van der Waals surface area contributed by atoms with E-state index in [4.69, 9.17) is 11.6 Å². The molecule has 0 saturated heterocycles. The Bertz CT molecular complexity index is 887. The van der Waals surface area contributed by atoms with E-state index in [9.17, 15) is 14.4 Å². The number of benzene rings is 2. The molecule has 2 aromatic rings. The molecule has 0 heterocycles. The second-order valence-electron chi connectivity index (χ2n) is 6.62. The van der Waals surface area contributed by atoms with Crippen LogP contribution in [0.3, 0.4) is 0 Å². The van der Waals surface area contributed by atoms with E-state index in [1.807, 2.05) is 25.1 Å². The van der Waals surface area contributed by atoms with Crippen molar-refractivity contribution in [3.8, 4) is 0 Å². The minimum Gasteiger partial charge on any atom is -0.352 e. The highest BCUT2D eigenvalue weighted by Gasteiger charge is 2.14. The van der Waals surface area contributed by atoms with Crippen LogP contribution in [-0.4, -0.2) is 42.8 Å². The number of likely N-dealkylation sites (N-methyl/N-ethyl adjacent to an activating group) is 1. The first kappa shape index (κ1) is 22.9. The lowest BCUT2D eigenvalue weighted by atomic mass is 10.2. The van der Waals surface area contributed by atoms with Gasteiger partial charge in [-0.15, -0.1) is 0 Å². The summed E-state index contributed by atoms with van der Waals surface area (Å²) in [5.41, 5.74) is 2.15. The minimum atomic E-state index is -0.262. The van der Waals surface area contributed by atoms with Crippen molar-refractivity contribution in [3.05, 3.63) is 63.1 Å². The van der Waals surface area contributed by atoms with Gasteiger partial charge in [0.25, 0.3) is 5.91 Å². The molecule has 0 bridgehead atoms. The van der Waals surface area contributed by atoms with Gasteiger partial charge in [0.05, 0.1) is 6.54 Å². The first-order valence-corrected chi connectivity index (χ1v) is 10.3. The Hall–Kier alpha value is -2.38. The molecule has 0 aromatic heterocycles. The predicted octanol–water partition coefficient (Wildman–Crippen LogP) is 4.02. The molecule has 6 nitrogen and oxygen atoms in total. The number of rotatable bonds is 8. The Morgan fingerprint density at radius 3 is 2.45 bits per heavy atom. The van der Waals surface area contributed by atoms with E-state index >= 15 is 0 Å². The lowest BCUT2D eigenvalue weighted by Gasteiger charge is -2.17. The zero-order valence-electron chi connectivity index (χ0n) is 16.3. The highest BCUT2D eigenvalue weighted by molar-refractivity contribution is 9.10. The molecule has 0 aliphatic heterocycles. The number of anilines is 1. The average molecular weight is 481 g/mol. The largest absolute Gasteiger partial charge is 0.352 e. The van der Waals surface area contributed by atoms with Crippen LogP contribution in [0, 0.1) is 6.92 Å². The maximum atomic E-state index is 12.2. The van der Waals surface area contributed by atoms with Crippen molar-refractivity contribution in [3.63, 3.8) is 0 Å². The number of halogens is 2. The summed E-state index contributed by atoms with van der Waals surface area (Å²) in [5, 5.41) is 6.13. The standard InChI is InChI=1S/C21H23BrClN3O3/c1-14-12-16(22)7-10-18(14)25-19(27)13-26(2)20(28)4-3-11-24-21(29)15-5-8-17(23)9-6-15/h5-10,12H,3-4,11,13H2,1-2H3,(H,24,29)(H,25,27). The molecule has 0 aliphatic carbocycles. The van der Waals surface area contributed by atoms with Crippen LogP contribution in [0.15, 0.2) is 46.9 Å². The summed E-state index contributed by atoms with van der Waals surface area (Å²) in [6, 6.07) is 12.1. The number of carbonyl (C=O) groups is 3. The summed E-state index contributed by atoms with van der Waals surface area (Å²) in [7, 11) is 1.59. The van der Waals surface area contributed by atoms with Gasteiger partial charge in [-0.2, -0.15) is 0 Å². The summed E-state index contributed by atoms with van der Waals surface area (Å²) < 4.78 is 0.934. The molecule has 29 heavy (non-hydrogen) atoms. The van der Waals surface area contributed by atoms with Gasteiger partial charge in [0.2, 0.25) is 11.8 Å². The molecule has 0 radical (unpaired) electrons. The van der Waals surface area contributed by atoms with Gasteiger partial charge in [-0.1, -0.05) is 27.5 Å². The van der Waals surface area contributed by atoms with Gasteiger partial charge in [-0.25, -0.2) is 0 Å². The highest BCUT2D eigenvalue weighted by atomic mass is 79.9. The van der Waals surface area contributed by atoms with Crippen LogP contribution in [0.5, 0.6) is 0 Å². The van der Waals surface area contributed by atoms with Gasteiger partial charge >= 0.3 is 0 Å². The lowest BCUT2D eigenvalue weighted by Crippen LogP contribution is -2.35. The third-order valence-corrected chi connectivity index (χ3v) is 4.97. The molecule has 2 aromatic carbocycles. The molecular weight excluding hydrogens is 458 g/mol. The van der Waals surface area contributed by atoms with E-state index in [1.165, 1.54) is 4.90 Å². The Morgan fingerprint density at radius 1 is 1.10 bits per heavy atom. The van der Waals surface area contributed by atoms with E-state index in [-0.39, 0.29) is 30.7 Å². The van der Waals surface area contributed by atoms with Crippen molar-refractivity contribution in [1.82, 2.24) is 10.2 Å². The van der Waals surface area contributed by atoms with E-state index in [0.717, 1.165) is 10.0 Å². The molecule has 0 unspecified atom stereocenters. The fourth-order valence-electron chi connectivity index (χ4n) is 2.60. The predicted molar refractivity (Wildman–Crippen MR) is 118 cm³/mol. The zero-order chi connectivity index (χ0) is 21.4. The number of hydrogen-bond acceptors (Lipinski definition) is 3. The first-order chi connectivity index (χ1) is 13.8. The van der Waals surface area contributed by atoms with Gasteiger partial charge < -0.3 is 15.5 Å². The third-order valence-electron chi connectivity index (χ3n) is 4.23. The van der Waals surface area contributed by atoms with Crippen LogP contribution < -0.4 is 10.6 Å². The quantitative estimate of drug-likeness (QED) is 0.560. The fraction of sp³-hybridized carbons (Fsp3) is 0.286. The van der Waals surface area contributed by atoms with E-state index in [2.05, 4.69) is 26.6 Å². The average Bonchev–Trinajstić information content (AvgIpc) is 2.67. The van der Waals surface area contributed by atoms with Crippen LogP contribution in [0.1, 0.15) is 28.8 Å². The van der Waals surface area contributed by atoms with Crippen LogP contribution in [0.2, 0.25) is 5.02 Å². The van der Waals surface area contributed by atoms with Crippen molar-refractivity contribution >= 4 is 50.9 Å². The normalized spacial score (nSPS) is 10.3. The maximum Gasteiger partial charge on any atom is 0.251 e. The fourth-order valence-corrected chi connectivity index (χ4v) is 3.20. The van der Waals surface area contributed by atoms with Gasteiger partial charge in [-0.3, -0.25) is 14.4 Å². The smallest absolute Gasteiger partial charge is 0.251 e. The number of aryl methyl sites for hydroxylation is 1. The van der Waals surface area contributed by atoms with Gasteiger partial charge in [0, 0.05) is 40.8 Å². The zero-order valence-corrected chi connectivity index (χ0v) is 18.6. The number of nitrogens with zero attached hydrogens (tertiary/aromatic N) is 1. The Labute approximate surface area is 183 Å². The van der Waals surface area contributed by atoms with E-state index < -0.39 is 0 Å². The number of hydrogen-bond donors (Lipinski definition) is 2. The third kappa shape index (κ3) is 7.51. The van der Waals surface area contributed by atoms with Crippen molar-refractivity contribution in [2.75, 3.05) is 25.5 Å². The van der Waals surface area contributed by atoms with Gasteiger partial charge in [0.1, 0.15) is 0 Å². The van der Waals surface area contributed by atoms with E-state index in [1.54, 1.807) is 31.3 Å². The summed E-state index contributed by atoms with van der Waals surface area (Å²) in [6.45, 7) is 2.23. The molecule has 2 rings (SSSR count). The molecule has 8 heteroatoms. The second kappa shape index (κ2) is 11.0. The van der Waals surface area contributed by atoms with Crippen molar-refractivity contribution in [2.45, 2.75) is 19.8 Å². The molecule has 0 aliphatic rings. The monoisotopic (exact) mass is 479 g/mol. The maximum absolute atomic E-state index is 12.2.